The molecule has 3 rings (SSSR count). The van der Waals surface area contributed by atoms with E-state index in [1.807, 2.05) is 37.3 Å². The fourth-order valence-corrected chi connectivity index (χ4v) is 2.21. The Hall–Kier alpha value is -2.95. The Morgan fingerprint density at radius 1 is 1.19 bits per heavy atom. The Kier molecular flexibility index (Phi) is 3.23. The molecule has 0 saturated carbocycles. The van der Waals surface area contributed by atoms with E-state index in [1.165, 1.54) is 0 Å². The number of rotatable bonds is 2. The number of hydrogen-bond donors (Lipinski definition) is 2. The van der Waals surface area contributed by atoms with Crippen molar-refractivity contribution in [3.63, 3.8) is 0 Å². The number of nitrogen functional groups attached to an aromatic ring is 1. The highest BCUT2D eigenvalue weighted by molar-refractivity contribution is 6.12. The van der Waals surface area contributed by atoms with Crippen LogP contribution < -0.4 is 11.1 Å². The second-order valence-corrected chi connectivity index (χ2v) is 4.82. The molecule has 0 aliphatic rings. The molecule has 0 spiro atoms. The standard InChI is InChI=1S/C16H14N4O/c1-10-6-11(9-18-8-10)19-16(21)13-7-15(17)20-14-5-3-2-4-12(13)14/h2-9H,1H3,(H2,17,20)(H,19,21). The van der Waals surface area contributed by atoms with E-state index < -0.39 is 0 Å². The molecule has 2 aromatic heterocycles. The first-order chi connectivity index (χ1) is 10.1. The van der Waals surface area contributed by atoms with Gasteiger partial charge in [-0.25, -0.2) is 4.98 Å². The van der Waals surface area contributed by atoms with Gasteiger partial charge in [0, 0.05) is 11.6 Å². The Bertz CT molecular complexity index is 829. The molecular weight excluding hydrogens is 264 g/mol. The average Bonchev–Trinajstić information content (AvgIpc) is 2.46. The summed E-state index contributed by atoms with van der Waals surface area (Å²) in [4.78, 5) is 20.8. The molecule has 0 bridgehead atoms. The lowest BCUT2D eigenvalue weighted by atomic mass is 10.1. The zero-order valence-electron chi connectivity index (χ0n) is 11.5. The molecule has 1 aromatic carbocycles. The number of nitrogens with one attached hydrogen (secondary N) is 1. The molecule has 2 heterocycles. The molecule has 0 radical (unpaired) electrons. The summed E-state index contributed by atoms with van der Waals surface area (Å²) < 4.78 is 0. The number of para-hydroxylation sites is 1. The van der Waals surface area contributed by atoms with Crippen molar-refractivity contribution in [2.45, 2.75) is 6.92 Å². The summed E-state index contributed by atoms with van der Waals surface area (Å²) in [6, 6.07) is 10.9. The Labute approximate surface area is 121 Å². The summed E-state index contributed by atoms with van der Waals surface area (Å²) in [5, 5.41) is 3.60. The SMILES string of the molecule is Cc1cncc(NC(=O)c2cc(N)nc3ccccc23)c1. The average molecular weight is 278 g/mol. The number of pyridine rings is 2. The molecule has 0 fully saturated rings. The summed E-state index contributed by atoms with van der Waals surface area (Å²) in [5.41, 5.74) is 8.61. The Morgan fingerprint density at radius 2 is 2.00 bits per heavy atom. The molecule has 0 aliphatic heterocycles. The predicted molar refractivity (Wildman–Crippen MR) is 83.1 cm³/mol. The summed E-state index contributed by atoms with van der Waals surface area (Å²) in [6.07, 6.45) is 3.34. The number of amides is 1. The van der Waals surface area contributed by atoms with Crippen LogP contribution in [-0.4, -0.2) is 15.9 Å². The van der Waals surface area contributed by atoms with Crippen molar-refractivity contribution in [3.8, 4) is 0 Å². The molecule has 0 aliphatic carbocycles. The third-order valence-electron chi connectivity index (χ3n) is 3.11. The lowest BCUT2D eigenvalue weighted by Crippen LogP contribution is -2.13. The number of nitrogens with two attached hydrogens (primary N) is 1. The van der Waals surface area contributed by atoms with Crippen molar-refractivity contribution in [1.29, 1.82) is 0 Å². The molecule has 0 atom stereocenters. The maximum Gasteiger partial charge on any atom is 0.256 e. The number of nitrogens with zero attached hydrogens (tertiary/aromatic N) is 2. The van der Waals surface area contributed by atoms with Crippen LogP contribution in [0.3, 0.4) is 0 Å². The summed E-state index contributed by atoms with van der Waals surface area (Å²) in [5.74, 6) is 0.0916. The lowest BCUT2D eigenvalue weighted by Gasteiger charge is -2.09. The van der Waals surface area contributed by atoms with Gasteiger partial charge < -0.3 is 11.1 Å². The fourth-order valence-electron chi connectivity index (χ4n) is 2.21. The van der Waals surface area contributed by atoms with Gasteiger partial charge in [0.15, 0.2) is 0 Å². The fraction of sp³-hybridized carbons (Fsp3) is 0.0625. The first-order valence-corrected chi connectivity index (χ1v) is 6.52. The van der Waals surface area contributed by atoms with Crippen LogP contribution in [0.1, 0.15) is 15.9 Å². The van der Waals surface area contributed by atoms with Gasteiger partial charge in [-0.15, -0.1) is 0 Å². The number of benzene rings is 1. The smallest absolute Gasteiger partial charge is 0.256 e. The molecule has 0 unspecified atom stereocenters. The minimum atomic E-state index is -0.229. The molecule has 104 valence electrons. The highest BCUT2D eigenvalue weighted by atomic mass is 16.1. The quantitative estimate of drug-likeness (QED) is 0.755. The van der Waals surface area contributed by atoms with Gasteiger partial charge in [0.1, 0.15) is 5.82 Å². The highest BCUT2D eigenvalue weighted by Gasteiger charge is 2.12. The molecule has 3 N–H and O–H groups in total. The zero-order chi connectivity index (χ0) is 14.8. The van der Waals surface area contributed by atoms with E-state index in [-0.39, 0.29) is 5.91 Å². The third-order valence-corrected chi connectivity index (χ3v) is 3.11. The largest absolute Gasteiger partial charge is 0.384 e. The second-order valence-electron chi connectivity index (χ2n) is 4.82. The number of anilines is 2. The van der Waals surface area contributed by atoms with Gasteiger partial charge >= 0.3 is 0 Å². The van der Waals surface area contributed by atoms with Crippen LogP contribution in [0.5, 0.6) is 0 Å². The maximum absolute atomic E-state index is 12.5. The van der Waals surface area contributed by atoms with Crippen molar-refractivity contribution < 1.29 is 4.79 Å². The zero-order valence-corrected chi connectivity index (χ0v) is 11.5. The molecule has 1 amide bonds. The van der Waals surface area contributed by atoms with Gasteiger partial charge in [-0.05, 0) is 30.7 Å². The highest BCUT2D eigenvalue weighted by Crippen LogP contribution is 2.20. The molecule has 5 nitrogen and oxygen atoms in total. The minimum absolute atomic E-state index is 0.229. The van der Waals surface area contributed by atoms with E-state index >= 15 is 0 Å². The van der Waals surface area contributed by atoms with Gasteiger partial charge in [-0.2, -0.15) is 0 Å². The van der Waals surface area contributed by atoms with Gasteiger partial charge in [0.2, 0.25) is 0 Å². The first-order valence-electron chi connectivity index (χ1n) is 6.52. The van der Waals surface area contributed by atoms with Crippen LogP contribution in [0, 0.1) is 6.92 Å². The maximum atomic E-state index is 12.5. The number of aromatic nitrogens is 2. The van der Waals surface area contributed by atoms with Gasteiger partial charge in [0.25, 0.3) is 5.91 Å². The number of aryl methyl sites for hydroxylation is 1. The molecule has 3 aromatic rings. The van der Waals surface area contributed by atoms with Gasteiger partial charge in [-0.3, -0.25) is 9.78 Å². The first kappa shape index (κ1) is 13.1. The van der Waals surface area contributed by atoms with Crippen LogP contribution in [0.15, 0.2) is 48.8 Å². The van der Waals surface area contributed by atoms with Crippen molar-refractivity contribution in [1.82, 2.24) is 9.97 Å². The molecule has 0 saturated heterocycles. The van der Waals surface area contributed by atoms with E-state index in [0.29, 0.717) is 22.6 Å². The minimum Gasteiger partial charge on any atom is -0.384 e. The van der Waals surface area contributed by atoms with Gasteiger partial charge in [-0.1, -0.05) is 18.2 Å². The van der Waals surface area contributed by atoms with Crippen LogP contribution in [0.25, 0.3) is 10.9 Å². The normalized spacial score (nSPS) is 10.5. The van der Waals surface area contributed by atoms with Crippen LogP contribution >= 0.6 is 0 Å². The van der Waals surface area contributed by atoms with Crippen LogP contribution in [0.4, 0.5) is 11.5 Å². The van der Waals surface area contributed by atoms with Crippen LogP contribution in [0.2, 0.25) is 0 Å². The van der Waals surface area contributed by atoms with E-state index in [2.05, 4.69) is 15.3 Å². The van der Waals surface area contributed by atoms with E-state index in [0.717, 1.165) is 10.9 Å². The van der Waals surface area contributed by atoms with E-state index in [1.54, 1.807) is 18.5 Å². The van der Waals surface area contributed by atoms with Crippen LogP contribution in [-0.2, 0) is 0 Å². The van der Waals surface area contributed by atoms with E-state index in [9.17, 15) is 4.79 Å². The van der Waals surface area contributed by atoms with Gasteiger partial charge in [0.05, 0.1) is 23.0 Å². The van der Waals surface area contributed by atoms with Crippen molar-refractivity contribution in [2.75, 3.05) is 11.1 Å². The Morgan fingerprint density at radius 3 is 2.81 bits per heavy atom. The van der Waals surface area contributed by atoms with Crippen molar-refractivity contribution in [2.24, 2.45) is 0 Å². The summed E-state index contributed by atoms with van der Waals surface area (Å²) in [6.45, 7) is 1.92. The number of carbonyl (C=O) groups excluding carboxylic acids is 1. The number of hydrogen-bond acceptors (Lipinski definition) is 4. The van der Waals surface area contributed by atoms with E-state index in [4.69, 9.17) is 5.73 Å². The summed E-state index contributed by atoms with van der Waals surface area (Å²) >= 11 is 0. The second kappa shape index (κ2) is 5.20. The lowest BCUT2D eigenvalue weighted by molar-refractivity contribution is 0.102. The predicted octanol–water partition coefficient (Wildman–Crippen LogP) is 2.77. The Balaban J connectivity index is 2.02. The monoisotopic (exact) mass is 278 g/mol. The topological polar surface area (TPSA) is 80.9 Å². The van der Waals surface area contributed by atoms with Crippen molar-refractivity contribution >= 4 is 28.3 Å². The number of fused-ring (bicyclic) bond motifs is 1. The molecule has 5 heteroatoms. The molecular formula is C16H14N4O. The third kappa shape index (κ3) is 2.67. The number of carbonyl (C=O) groups is 1. The van der Waals surface area contributed by atoms with Crippen molar-refractivity contribution in [3.05, 3.63) is 59.9 Å². The molecule has 21 heavy (non-hydrogen) atoms. The summed E-state index contributed by atoms with van der Waals surface area (Å²) in [7, 11) is 0.